The quantitative estimate of drug-likeness (QED) is 0.206. The lowest BCUT2D eigenvalue weighted by atomic mass is 10.1. The third-order valence-electron chi connectivity index (χ3n) is 3.99. The molecule has 1 heterocycles. The molecule has 2 N–H and O–H groups in total. The summed E-state index contributed by atoms with van der Waals surface area (Å²) < 4.78 is 42.4. The molecule has 6 nitrogen and oxygen atoms in total. The summed E-state index contributed by atoms with van der Waals surface area (Å²) in [5.74, 6) is -0.291. The number of nitrogens with one attached hydrogen (secondary N) is 2. The standard InChI is InChI=1S/C19H29F2N3O3.HI/c1-2-22-19(23-7-3-9-25-13-15-6-10-26-14-15)24-8-11-27-16-4-5-17(20)18(21)12-16;/h4-5,12,15H,2-3,6-11,13-14H2,1H3,(H2,22,23,24);1H. The van der Waals surface area contributed by atoms with Crippen molar-refractivity contribution < 1.29 is 23.0 Å². The minimum atomic E-state index is -0.918. The lowest BCUT2D eigenvalue weighted by Gasteiger charge is -2.12. The molecule has 0 aromatic heterocycles. The van der Waals surface area contributed by atoms with Gasteiger partial charge in [-0.2, -0.15) is 0 Å². The first-order valence-electron chi connectivity index (χ1n) is 9.44. The van der Waals surface area contributed by atoms with Crippen LogP contribution >= 0.6 is 24.0 Å². The summed E-state index contributed by atoms with van der Waals surface area (Å²) in [7, 11) is 0. The lowest BCUT2D eigenvalue weighted by Crippen LogP contribution is -2.39. The van der Waals surface area contributed by atoms with Crippen molar-refractivity contribution in [1.82, 2.24) is 10.6 Å². The van der Waals surface area contributed by atoms with Gasteiger partial charge in [-0.1, -0.05) is 0 Å². The van der Waals surface area contributed by atoms with E-state index in [-0.39, 0.29) is 24.0 Å². The predicted octanol–water partition coefficient (Wildman–Crippen LogP) is 2.96. The topological polar surface area (TPSA) is 64.1 Å². The Morgan fingerprint density at radius 3 is 2.82 bits per heavy atom. The number of hydrogen-bond donors (Lipinski definition) is 2. The molecule has 0 saturated carbocycles. The molecule has 2 rings (SSSR count). The summed E-state index contributed by atoms with van der Waals surface area (Å²) in [4.78, 5) is 4.48. The summed E-state index contributed by atoms with van der Waals surface area (Å²) in [6, 6.07) is 3.48. The molecular formula is C19H30F2IN3O3. The SMILES string of the molecule is CCNC(=NCCCOCC1CCOC1)NCCOc1ccc(F)c(F)c1.I. The number of benzene rings is 1. The van der Waals surface area contributed by atoms with Crippen LogP contribution in [0.15, 0.2) is 23.2 Å². The zero-order valence-electron chi connectivity index (χ0n) is 16.2. The summed E-state index contributed by atoms with van der Waals surface area (Å²) in [6.45, 7) is 7.26. The van der Waals surface area contributed by atoms with Crippen LogP contribution in [0.5, 0.6) is 5.75 Å². The molecule has 0 amide bonds. The molecule has 1 saturated heterocycles. The van der Waals surface area contributed by atoms with E-state index >= 15 is 0 Å². The van der Waals surface area contributed by atoms with Gasteiger partial charge in [-0.05, 0) is 31.9 Å². The van der Waals surface area contributed by atoms with Crippen molar-refractivity contribution in [1.29, 1.82) is 0 Å². The van der Waals surface area contributed by atoms with Crippen LogP contribution in [0.3, 0.4) is 0 Å². The van der Waals surface area contributed by atoms with E-state index in [1.165, 1.54) is 6.07 Å². The maximum absolute atomic E-state index is 13.1. The number of halogens is 3. The Bertz CT molecular complexity index is 588. The number of ether oxygens (including phenoxy) is 3. The first-order valence-corrected chi connectivity index (χ1v) is 9.44. The first-order chi connectivity index (χ1) is 13.2. The minimum absolute atomic E-state index is 0. The van der Waals surface area contributed by atoms with E-state index in [0.29, 0.717) is 43.9 Å². The van der Waals surface area contributed by atoms with E-state index in [1.807, 2.05) is 6.92 Å². The Kier molecular flexibility index (Phi) is 13.1. The fraction of sp³-hybridized carbons (Fsp3) is 0.632. The zero-order chi connectivity index (χ0) is 19.3. The van der Waals surface area contributed by atoms with Crippen LogP contribution < -0.4 is 15.4 Å². The van der Waals surface area contributed by atoms with Crippen LogP contribution in [0.2, 0.25) is 0 Å². The maximum Gasteiger partial charge on any atom is 0.191 e. The third-order valence-corrected chi connectivity index (χ3v) is 3.99. The second-order valence-corrected chi connectivity index (χ2v) is 6.27. The van der Waals surface area contributed by atoms with Crippen LogP contribution in [-0.4, -0.2) is 58.6 Å². The highest BCUT2D eigenvalue weighted by molar-refractivity contribution is 14.0. The molecule has 28 heavy (non-hydrogen) atoms. The van der Waals surface area contributed by atoms with Gasteiger partial charge in [0.25, 0.3) is 0 Å². The van der Waals surface area contributed by atoms with Crippen LogP contribution in [0, 0.1) is 17.6 Å². The average Bonchev–Trinajstić information content (AvgIpc) is 3.17. The molecule has 1 aromatic rings. The lowest BCUT2D eigenvalue weighted by molar-refractivity contribution is 0.0893. The van der Waals surface area contributed by atoms with Crippen LogP contribution in [-0.2, 0) is 9.47 Å². The van der Waals surface area contributed by atoms with Crippen molar-refractivity contribution in [3.8, 4) is 5.75 Å². The van der Waals surface area contributed by atoms with Gasteiger partial charge in [0.1, 0.15) is 12.4 Å². The van der Waals surface area contributed by atoms with Gasteiger partial charge >= 0.3 is 0 Å². The van der Waals surface area contributed by atoms with Crippen LogP contribution in [0.25, 0.3) is 0 Å². The van der Waals surface area contributed by atoms with Crippen LogP contribution in [0.1, 0.15) is 19.8 Å². The van der Waals surface area contributed by atoms with Crippen molar-refractivity contribution in [2.24, 2.45) is 10.9 Å². The number of aliphatic imine (C=N–C) groups is 1. The smallest absolute Gasteiger partial charge is 0.191 e. The monoisotopic (exact) mass is 513 g/mol. The van der Waals surface area contributed by atoms with E-state index in [1.54, 1.807) is 0 Å². The fourth-order valence-electron chi connectivity index (χ4n) is 2.57. The largest absolute Gasteiger partial charge is 0.492 e. The molecule has 1 unspecified atom stereocenters. The van der Waals surface area contributed by atoms with Gasteiger partial charge in [0, 0.05) is 38.3 Å². The van der Waals surface area contributed by atoms with Gasteiger partial charge in [-0.15, -0.1) is 24.0 Å². The molecule has 160 valence electrons. The second kappa shape index (κ2) is 14.7. The Balaban J connectivity index is 0.00000392. The van der Waals surface area contributed by atoms with Crippen molar-refractivity contribution in [3.05, 3.63) is 29.8 Å². The van der Waals surface area contributed by atoms with Crippen molar-refractivity contribution in [2.75, 3.05) is 52.7 Å². The molecule has 1 atom stereocenters. The molecule has 9 heteroatoms. The normalized spacial score (nSPS) is 16.5. The van der Waals surface area contributed by atoms with E-state index in [4.69, 9.17) is 14.2 Å². The Morgan fingerprint density at radius 1 is 1.25 bits per heavy atom. The third kappa shape index (κ3) is 9.83. The number of nitrogens with zero attached hydrogens (tertiary/aromatic N) is 1. The van der Waals surface area contributed by atoms with Crippen molar-refractivity contribution in [3.63, 3.8) is 0 Å². The molecule has 1 aliphatic rings. The fourth-order valence-corrected chi connectivity index (χ4v) is 2.57. The van der Waals surface area contributed by atoms with Crippen molar-refractivity contribution in [2.45, 2.75) is 19.8 Å². The molecule has 0 radical (unpaired) electrons. The minimum Gasteiger partial charge on any atom is -0.492 e. The van der Waals surface area contributed by atoms with Gasteiger partial charge in [0.2, 0.25) is 0 Å². The van der Waals surface area contributed by atoms with E-state index < -0.39 is 11.6 Å². The Morgan fingerprint density at radius 2 is 2.11 bits per heavy atom. The molecule has 1 aliphatic heterocycles. The number of guanidine groups is 1. The highest BCUT2D eigenvalue weighted by Crippen LogP contribution is 2.15. The van der Waals surface area contributed by atoms with Gasteiger partial charge < -0.3 is 24.8 Å². The summed E-state index contributed by atoms with van der Waals surface area (Å²) in [5, 5.41) is 6.29. The van der Waals surface area contributed by atoms with Crippen LogP contribution in [0.4, 0.5) is 8.78 Å². The Labute approximate surface area is 182 Å². The zero-order valence-corrected chi connectivity index (χ0v) is 18.5. The highest BCUT2D eigenvalue weighted by Gasteiger charge is 2.15. The molecule has 0 bridgehead atoms. The first kappa shape index (κ1) is 24.8. The summed E-state index contributed by atoms with van der Waals surface area (Å²) in [6.07, 6.45) is 1.93. The number of hydrogen-bond acceptors (Lipinski definition) is 4. The molecule has 1 fully saturated rings. The van der Waals surface area contributed by atoms with Gasteiger partial charge in [-0.3, -0.25) is 4.99 Å². The van der Waals surface area contributed by atoms with E-state index in [0.717, 1.165) is 51.3 Å². The van der Waals surface area contributed by atoms with Gasteiger partial charge in [0.05, 0.1) is 19.8 Å². The summed E-state index contributed by atoms with van der Waals surface area (Å²) >= 11 is 0. The van der Waals surface area contributed by atoms with Gasteiger partial charge in [-0.25, -0.2) is 8.78 Å². The van der Waals surface area contributed by atoms with Gasteiger partial charge in [0.15, 0.2) is 17.6 Å². The second-order valence-electron chi connectivity index (χ2n) is 6.27. The van der Waals surface area contributed by atoms with E-state index in [9.17, 15) is 8.78 Å². The maximum atomic E-state index is 13.1. The molecule has 1 aromatic carbocycles. The molecule has 0 spiro atoms. The van der Waals surface area contributed by atoms with Crippen molar-refractivity contribution >= 4 is 29.9 Å². The average molecular weight is 513 g/mol. The predicted molar refractivity (Wildman–Crippen MR) is 116 cm³/mol. The van der Waals surface area contributed by atoms with E-state index in [2.05, 4.69) is 15.6 Å². The Hall–Kier alpha value is -1.20. The molecular weight excluding hydrogens is 483 g/mol. The highest BCUT2D eigenvalue weighted by atomic mass is 127. The summed E-state index contributed by atoms with van der Waals surface area (Å²) in [5.41, 5.74) is 0. The molecule has 0 aliphatic carbocycles. The number of rotatable bonds is 11.